The van der Waals surface area contributed by atoms with Crippen molar-refractivity contribution in [3.63, 3.8) is 0 Å². The van der Waals surface area contributed by atoms with Crippen LogP contribution in [-0.2, 0) is 22.6 Å². The van der Waals surface area contributed by atoms with Crippen molar-refractivity contribution in [2.24, 2.45) is 5.92 Å². The Morgan fingerprint density at radius 2 is 1.60 bits per heavy atom. The molecule has 2 aromatic rings. The molecule has 0 bridgehead atoms. The highest BCUT2D eigenvalue weighted by Gasteiger charge is 2.41. The van der Waals surface area contributed by atoms with Crippen LogP contribution < -0.4 is 0 Å². The highest BCUT2D eigenvalue weighted by atomic mass is 16.6. The number of likely N-dealkylation sites (tertiary alicyclic amines) is 1. The summed E-state index contributed by atoms with van der Waals surface area (Å²) in [6, 6.07) is 18.7. The van der Waals surface area contributed by atoms with Crippen molar-refractivity contribution in [1.82, 2.24) is 4.90 Å². The third kappa shape index (κ3) is 4.18. The highest BCUT2D eigenvalue weighted by Crippen LogP contribution is 2.28. The molecule has 1 fully saturated rings. The van der Waals surface area contributed by atoms with Crippen LogP contribution in [0.5, 0.6) is 0 Å². The Morgan fingerprint density at radius 3 is 2.20 bits per heavy atom. The van der Waals surface area contributed by atoms with Crippen LogP contribution in [0.2, 0.25) is 0 Å². The molecule has 0 radical (unpaired) electrons. The maximum atomic E-state index is 12.5. The molecular formula is C20H21NO4. The number of ether oxygens (including phenoxy) is 1. The van der Waals surface area contributed by atoms with Gasteiger partial charge in [-0.3, -0.25) is 4.79 Å². The Balaban J connectivity index is 1.69. The van der Waals surface area contributed by atoms with Gasteiger partial charge in [0, 0.05) is 6.54 Å². The average molecular weight is 339 g/mol. The fraction of sp³-hybridized carbons (Fsp3) is 0.300. The second-order valence-electron chi connectivity index (χ2n) is 6.22. The van der Waals surface area contributed by atoms with Crippen molar-refractivity contribution in [3.05, 3.63) is 71.8 Å². The van der Waals surface area contributed by atoms with Crippen molar-refractivity contribution in [1.29, 1.82) is 0 Å². The van der Waals surface area contributed by atoms with Crippen LogP contribution >= 0.6 is 0 Å². The number of aliphatic carboxylic acids is 1. The van der Waals surface area contributed by atoms with E-state index in [1.165, 1.54) is 0 Å². The lowest BCUT2D eigenvalue weighted by molar-refractivity contribution is -0.142. The van der Waals surface area contributed by atoms with Gasteiger partial charge >= 0.3 is 12.1 Å². The number of hydrogen-bond donors (Lipinski definition) is 1. The molecule has 5 heteroatoms. The van der Waals surface area contributed by atoms with Gasteiger partial charge in [0.05, 0.1) is 12.0 Å². The number of nitrogens with zero attached hydrogens (tertiary/aromatic N) is 1. The van der Waals surface area contributed by atoms with Crippen molar-refractivity contribution >= 4 is 12.1 Å². The SMILES string of the molecule is O=C(O)C1CCN(C(=O)OCc2ccccc2)[C@@H]1Cc1ccccc1. The van der Waals surface area contributed by atoms with Gasteiger partial charge in [-0.1, -0.05) is 60.7 Å². The monoisotopic (exact) mass is 339 g/mol. The lowest BCUT2D eigenvalue weighted by Crippen LogP contribution is -2.41. The first kappa shape index (κ1) is 17.0. The first-order valence-corrected chi connectivity index (χ1v) is 8.39. The minimum atomic E-state index is -0.862. The van der Waals surface area contributed by atoms with E-state index in [-0.39, 0.29) is 12.6 Å². The summed E-state index contributed by atoms with van der Waals surface area (Å²) >= 11 is 0. The van der Waals surface area contributed by atoms with Crippen molar-refractivity contribution in [2.45, 2.75) is 25.5 Å². The van der Waals surface area contributed by atoms with Gasteiger partial charge in [-0.25, -0.2) is 4.79 Å². The lowest BCUT2D eigenvalue weighted by atomic mass is 9.94. The molecule has 3 rings (SSSR count). The fourth-order valence-corrected chi connectivity index (χ4v) is 3.28. The molecule has 1 N–H and O–H groups in total. The van der Waals surface area contributed by atoms with Crippen molar-refractivity contribution in [2.75, 3.05) is 6.54 Å². The standard InChI is InChI=1S/C20H21NO4/c22-19(23)17-11-12-21(18(17)13-15-7-3-1-4-8-15)20(24)25-14-16-9-5-2-6-10-16/h1-10,17-18H,11-14H2,(H,22,23)/t17?,18-/m1/s1. The molecule has 0 aromatic heterocycles. The molecule has 1 heterocycles. The highest BCUT2D eigenvalue weighted by molar-refractivity contribution is 5.75. The molecule has 5 nitrogen and oxygen atoms in total. The van der Waals surface area contributed by atoms with E-state index in [2.05, 4.69) is 0 Å². The largest absolute Gasteiger partial charge is 0.481 e. The number of benzene rings is 2. The van der Waals surface area contributed by atoms with Crippen molar-refractivity contribution in [3.8, 4) is 0 Å². The predicted molar refractivity (Wildman–Crippen MR) is 93.0 cm³/mol. The topological polar surface area (TPSA) is 66.8 Å². The predicted octanol–water partition coefficient (Wildman–Crippen LogP) is 3.34. The molecule has 2 atom stereocenters. The van der Waals surface area contributed by atoms with Crippen LogP contribution in [0.1, 0.15) is 17.5 Å². The lowest BCUT2D eigenvalue weighted by Gasteiger charge is -2.26. The fourth-order valence-electron chi connectivity index (χ4n) is 3.28. The van der Waals surface area contributed by atoms with Crippen LogP contribution in [-0.4, -0.2) is 34.7 Å². The van der Waals surface area contributed by atoms with Gasteiger partial charge in [0.1, 0.15) is 6.61 Å². The molecule has 1 unspecified atom stereocenters. The summed E-state index contributed by atoms with van der Waals surface area (Å²) in [6.45, 7) is 0.591. The van der Waals surface area contributed by atoms with E-state index in [1.807, 2.05) is 60.7 Å². The van der Waals surface area contributed by atoms with Crippen LogP contribution in [0.15, 0.2) is 60.7 Å². The van der Waals surface area contributed by atoms with E-state index >= 15 is 0 Å². The maximum absolute atomic E-state index is 12.5. The molecule has 0 spiro atoms. The zero-order valence-electron chi connectivity index (χ0n) is 13.9. The van der Waals surface area contributed by atoms with E-state index in [1.54, 1.807) is 4.90 Å². The van der Waals surface area contributed by atoms with Gasteiger partial charge in [0.2, 0.25) is 0 Å². The first-order chi connectivity index (χ1) is 12.1. The Kier molecular flexibility index (Phi) is 5.33. The molecule has 1 saturated heterocycles. The molecule has 25 heavy (non-hydrogen) atoms. The Labute approximate surface area is 146 Å². The number of rotatable bonds is 5. The zero-order chi connectivity index (χ0) is 17.6. The number of carbonyl (C=O) groups excluding carboxylic acids is 1. The van der Waals surface area contributed by atoms with Gasteiger partial charge in [-0.2, -0.15) is 0 Å². The third-order valence-electron chi connectivity index (χ3n) is 4.59. The molecule has 1 aliphatic heterocycles. The molecule has 1 amide bonds. The second-order valence-corrected chi connectivity index (χ2v) is 6.22. The van der Waals surface area contributed by atoms with E-state index in [0.717, 1.165) is 11.1 Å². The minimum Gasteiger partial charge on any atom is -0.481 e. The van der Waals surface area contributed by atoms with E-state index in [9.17, 15) is 14.7 Å². The van der Waals surface area contributed by atoms with Gasteiger partial charge < -0.3 is 14.7 Å². The van der Waals surface area contributed by atoms with Gasteiger partial charge in [0.25, 0.3) is 0 Å². The molecule has 0 saturated carbocycles. The van der Waals surface area contributed by atoms with Gasteiger partial charge in [0.15, 0.2) is 0 Å². The summed E-state index contributed by atoms with van der Waals surface area (Å²) in [5.41, 5.74) is 1.92. The smallest absolute Gasteiger partial charge is 0.410 e. The van der Waals surface area contributed by atoms with Crippen LogP contribution in [0.4, 0.5) is 4.79 Å². The summed E-state index contributed by atoms with van der Waals surface area (Å²) in [6.07, 6.45) is 0.513. The summed E-state index contributed by atoms with van der Waals surface area (Å²) in [7, 11) is 0. The molecule has 130 valence electrons. The number of amides is 1. The van der Waals surface area contributed by atoms with Gasteiger partial charge in [-0.15, -0.1) is 0 Å². The molecule has 1 aliphatic rings. The number of carboxylic acids is 1. The third-order valence-corrected chi connectivity index (χ3v) is 4.59. The van der Waals surface area contributed by atoms with E-state index in [4.69, 9.17) is 4.74 Å². The average Bonchev–Trinajstić information content (AvgIpc) is 3.05. The van der Waals surface area contributed by atoms with Crippen molar-refractivity contribution < 1.29 is 19.4 Å². The normalized spacial score (nSPS) is 19.6. The Bertz CT molecular complexity index is 717. The summed E-state index contributed by atoms with van der Waals surface area (Å²) in [5, 5.41) is 9.49. The Morgan fingerprint density at radius 1 is 1.00 bits per heavy atom. The van der Waals surface area contributed by atoms with Crippen LogP contribution in [0, 0.1) is 5.92 Å². The molecule has 2 aromatic carbocycles. The molecular weight excluding hydrogens is 318 g/mol. The summed E-state index contributed by atoms with van der Waals surface area (Å²) in [5.74, 6) is -1.43. The Hall–Kier alpha value is -2.82. The van der Waals surface area contributed by atoms with Crippen LogP contribution in [0.25, 0.3) is 0 Å². The number of carbonyl (C=O) groups is 2. The molecule has 0 aliphatic carbocycles. The maximum Gasteiger partial charge on any atom is 0.410 e. The summed E-state index contributed by atoms with van der Waals surface area (Å²) in [4.78, 5) is 25.6. The zero-order valence-corrected chi connectivity index (χ0v) is 13.9. The van der Waals surface area contributed by atoms with Crippen LogP contribution in [0.3, 0.4) is 0 Å². The van der Waals surface area contributed by atoms with Gasteiger partial charge in [-0.05, 0) is 24.0 Å². The minimum absolute atomic E-state index is 0.186. The van der Waals surface area contributed by atoms with E-state index in [0.29, 0.717) is 19.4 Å². The number of carboxylic acid groups (broad SMARTS) is 1. The first-order valence-electron chi connectivity index (χ1n) is 8.39. The quantitative estimate of drug-likeness (QED) is 0.907. The number of hydrogen-bond acceptors (Lipinski definition) is 3. The van der Waals surface area contributed by atoms with E-state index < -0.39 is 18.0 Å². The summed E-state index contributed by atoms with van der Waals surface area (Å²) < 4.78 is 5.40. The second kappa shape index (κ2) is 7.83.